The average Bonchev–Trinajstić information content (AvgIpc) is 2.34. The highest BCUT2D eigenvalue weighted by atomic mass is 35.5. The number of aromatic hydroxyl groups is 1. The zero-order valence-electron chi connectivity index (χ0n) is 11.7. The monoisotopic (exact) mass is 320 g/mol. The molecule has 2 aromatic carbocycles. The van der Waals surface area contributed by atoms with E-state index in [1.54, 1.807) is 18.2 Å². The Balaban J connectivity index is 2.22. The van der Waals surface area contributed by atoms with Crippen LogP contribution in [0.5, 0.6) is 11.5 Å². The summed E-state index contributed by atoms with van der Waals surface area (Å²) in [6.07, 6.45) is 2.04. The van der Waals surface area contributed by atoms with Gasteiger partial charge in [-0.1, -0.05) is 23.2 Å². The smallest absolute Gasteiger partial charge is 0.132 e. The maximum atomic E-state index is 9.66. The lowest BCUT2D eigenvalue weighted by atomic mass is 9.90. The van der Waals surface area contributed by atoms with Crippen LogP contribution in [0.25, 0.3) is 5.57 Å². The Labute approximate surface area is 133 Å². The first-order chi connectivity index (χ1) is 9.84. The largest absolute Gasteiger partial charge is 0.508 e. The first-order valence-electron chi connectivity index (χ1n) is 6.56. The zero-order chi connectivity index (χ0) is 15.2. The number of benzene rings is 2. The number of halogens is 2. The molecule has 0 unspecified atom stereocenters. The summed E-state index contributed by atoms with van der Waals surface area (Å²) in [5.74, 6) is 0.823. The van der Waals surface area contributed by atoms with Crippen LogP contribution in [0.15, 0.2) is 42.5 Å². The number of ether oxygens (including phenoxy) is 1. The molecule has 0 bridgehead atoms. The zero-order valence-corrected chi connectivity index (χ0v) is 13.2. The molecular formula is C17H14Cl2O2. The summed E-state index contributed by atoms with van der Waals surface area (Å²) in [7, 11) is 0. The molecule has 21 heavy (non-hydrogen) atoms. The minimum atomic E-state index is -0.481. The normalized spacial score (nSPS) is 15.9. The van der Waals surface area contributed by atoms with E-state index >= 15 is 0 Å². The van der Waals surface area contributed by atoms with E-state index in [9.17, 15) is 5.11 Å². The Morgan fingerprint density at radius 1 is 1.00 bits per heavy atom. The van der Waals surface area contributed by atoms with E-state index in [-0.39, 0.29) is 5.75 Å². The Morgan fingerprint density at radius 2 is 1.67 bits per heavy atom. The molecular weight excluding hydrogens is 307 g/mol. The number of phenolic OH excluding ortho intramolecular Hbond substituents is 1. The molecule has 1 aliphatic heterocycles. The summed E-state index contributed by atoms with van der Waals surface area (Å²) in [6, 6.07) is 10.5. The van der Waals surface area contributed by atoms with Gasteiger partial charge >= 0.3 is 0 Å². The van der Waals surface area contributed by atoms with Gasteiger partial charge in [-0.2, -0.15) is 0 Å². The quantitative estimate of drug-likeness (QED) is 0.772. The maximum Gasteiger partial charge on any atom is 0.132 e. The van der Waals surface area contributed by atoms with Crippen molar-refractivity contribution in [2.24, 2.45) is 0 Å². The Hall–Kier alpha value is -1.64. The molecule has 0 saturated heterocycles. The van der Waals surface area contributed by atoms with Gasteiger partial charge in [0.2, 0.25) is 0 Å². The van der Waals surface area contributed by atoms with E-state index in [0.717, 1.165) is 16.7 Å². The summed E-state index contributed by atoms with van der Waals surface area (Å²) in [5, 5.41) is 10.8. The van der Waals surface area contributed by atoms with Crippen LogP contribution < -0.4 is 4.74 Å². The molecule has 3 rings (SSSR count). The number of phenols is 1. The fraction of sp³-hybridized carbons (Fsp3) is 0.176. The van der Waals surface area contributed by atoms with Crippen LogP contribution in [0, 0.1) is 0 Å². The van der Waals surface area contributed by atoms with Crippen molar-refractivity contribution in [3.8, 4) is 11.5 Å². The number of hydrogen-bond donors (Lipinski definition) is 1. The summed E-state index contributed by atoms with van der Waals surface area (Å²) in [5.41, 5.74) is 2.34. The Morgan fingerprint density at radius 3 is 2.33 bits per heavy atom. The second-order valence-electron chi connectivity index (χ2n) is 5.60. The van der Waals surface area contributed by atoms with Crippen LogP contribution in [0.1, 0.15) is 25.0 Å². The maximum absolute atomic E-state index is 9.66. The van der Waals surface area contributed by atoms with Crippen LogP contribution in [0.3, 0.4) is 0 Å². The highest BCUT2D eigenvalue weighted by Gasteiger charge is 2.27. The lowest BCUT2D eigenvalue weighted by Crippen LogP contribution is -2.29. The van der Waals surface area contributed by atoms with Gasteiger partial charge in [-0.25, -0.2) is 0 Å². The van der Waals surface area contributed by atoms with Crippen LogP contribution in [-0.2, 0) is 0 Å². The Bertz CT molecular complexity index is 728. The molecule has 0 amide bonds. The van der Waals surface area contributed by atoms with Gasteiger partial charge in [0.25, 0.3) is 0 Å². The van der Waals surface area contributed by atoms with E-state index in [4.69, 9.17) is 27.9 Å². The van der Waals surface area contributed by atoms with Gasteiger partial charge in [0.15, 0.2) is 0 Å². The van der Waals surface area contributed by atoms with Crippen LogP contribution in [-0.4, -0.2) is 10.7 Å². The van der Waals surface area contributed by atoms with Gasteiger partial charge in [0, 0.05) is 21.7 Å². The van der Waals surface area contributed by atoms with Crippen molar-refractivity contribution < 1.29 is 9.84 Å². The van der Waals surface area contributed by atoms with E-state index in [1.165, 1.54) is 0 Å². The van der Waals surface area contributed by atoms with Gasteiger partial charge in [-0.05, 0) is 61.4 Å². The first-order valence-corrected chi connectivity index (χ1v) is 7.31. The Kier molecular flexibility index (Phi) is 3.39. The second-order valence-corrected chi connectivity index (χ2v) is 6.47. The molecule has 1 heterocycles. The number of hydrogen-bond acceptors (Lipinski definition) is 2. The lowest BCUT2D eigenvalue weighted by molar-refractivity contribution is 0.157. The van der Waals surface area contributed by atoms with E-state index in [0.29, 0.717) is 15.8 Å². The molecule has 0 aromatic heterocycles. The number of fused-ring (bicyclic) bond motifs is 1. The molecule has 108 valence electrons. The highest BCUT2D eigenvalue weighted by Crippen LogP contribution is 2.41. The van der Waals surface area contributed by atoms with Crippen molar-refractivity contribution in [1.29, 1.82) is 0 Å². The average molecular weight is 321 g/mol. The van der Waals surface area contributed by atoms with Crippen LogP contribution in [0.4, 0.5) is 0 Å². The molecule has 0 aliphatic carbocycles. The molecule has 0 saturated carbocycles. The van der Waals surface area contributed by atoms with E-state index in [1.807, 2.05) is 38.1 Å². The van der Waals surface area contributed by atoms with Crippen molar-refractivity contribution in [2.75, 3.05) is 0 Å². The van der Waals surface area contributed by atoms with Gasteiger partial charge in [0.1, 0.15) is 17.1 Å². The minimum absolute atomic E-state index is 0.176. The summed E-state index contributed by atoms with van der Waals surface area (Å²) >= 11 is 12.2. The molecule has 1 aliphatic rings. The molecule has 4 heteroatoms. The summed E-state index contributed by atoms with van der Waals surface area (Å²) in [4.78, 5) is 0. The fourth-order valence-electron chi connectivity index (χ4n) is 2.50. The van der Waals surface area contributed by atoms with Crippen molar-refractivity contribution in [3.63, 3.8) is 0 Å². The van der Waals surface area contributed by atoms with Crippen molar-refractivity contribution in [2.45, 2.75) is 19.4 Å². The third kappa shape index (κ3) is 2.87. The van der Waals surface area contributed by atoms with Crippen molar-refractivity contribution in [3.05, 3.63) is 63.6 Å². The molecule has 0 atom stereocenters. The second kappa shape index (κ2) is 4.97. The van der Waals surface area contributed by atoms with Crippen LogP contribution >= 0.6 is 23.2 Å². The molecule has 2 aromatic rings. The van der Waals surface area contributed by atoms with Crippen molar-refractivity contribution >= 4 is 28.8 Å². The van der Waals surface area contributed by atoms with Gasteiger partial charge in [-0.3, -0.25) is 0 Å². The van der Waals surface area contributed by atoms with Gasteiger partial charge in [0.05, 0.1) is 0 Å². The van der Waals surface area contributed by atoms with Gasteiger partial charge in [-0.15, -0.1) is 0 Å². The summed E-state index contributed by atoms with van der Waals surface area (Å²) in [6.45, 7) is 3.93. The highest BCUT2D eigenvalue weighted by molar-refractivity contribution is 6.35. The molecule has 0 fully saturated rings. The third-order valence-electron chi connectivity index (χ3n) is 3.29. The van der Waals surface area contributed by atoms with E-state index in [2.05, 4.69) is 0 Å². The topological polar surface area (TPSA) is 29.5 Å². The SMILES string of the molecule is CC1(C)C=C(c2cc(Cl)cc(Cl)c2)c2ccc(O)cc2O1. The van der Waals surface area contributed by atoms with Crippen LogP contribution in [0.2, 0.25) is 10.0 Å². The number of rotatable bonds is 1. The van der Waals surface area contributed by atoms with Crippen molar-refractivity contribution in [1.82, 2.24) is 0 Å². The molecule has 0 radical (unpaired) electrons. The first kappa shape index (κ1) is 14.3. The standard InChI is InChI=1S/C17H14Cl2O2/c1-17(2)9-15(10-5-11(18)7-12(19)6-10)14-4-3-13(20)8-16(14)21-17/h3-9,20H,1-2H3. The molecule has 0 spiro atoms. The molecule has 2 nitrogen and oxygen atoms in total. The summed E-state index contributed by atoms with van der Waals surface area (Å²) < 4.78 is 5.91. The van der Waals surface area contributed by atoms with Gasteiger partial charge < -0.3 is 9.84 Å². The predicted octanol–water partition coefficient (Wildman–Crippen LogP) is 5.30. The third-order valence-corrected chi connectivity index (χ3v) is 3.73. The predicted molar refractivity (Wildman–Crippen MR) is 86.4 cm³/mol. The molecule has 1 N–H and O–H groups in total. The fourth-order valence-corrected chi connectivity index (χ4v) is 3.03. The minimum Gasteiger partial charge on any atom is -0.508 e. The van der Waals surface area contributed by atoms with E-state index < -0.39 is 5.60 Å². The lowest BCUT2D eigenvalue weighted by Gasteiger charge is -2.31.